The minimum atomic E-state index is 0.0732. The summed E-state index contributed by atoms with van der Waals surface area (Å²) in [5, 5.41) is 3.20. The van der Waals surface area contributed by atoms with E-state index in [0.717, 1.165) is 43.3 Å². The Morgan fingerprint density at radius 2 is 2.17 bits per heavy atom. The van der Waals surface area contributed by atoms with Crippen molar-refractivity contribution in [1.29, 1.82) is 0 Å². The third-order valence-electron chi connectivity index (χ3n) is 5.50. The van der Waals surface area contributed by atoms with Crippen LogP contribution >= 0.6 is 0 Å². The lowest BCUT2D eigenvalue weighted by molar-refractivity contribution is -0.121. The molecule has 1 aromatic rings. The number of hydrogen-bond donors (Lipinski definition) is 1. The molecule has 1 N–H and O–H groups in total. The maximum Gasteiger partial charge on any atom is 0.224 e. The molecule has 1 saturated carbocycles. The van der Waals surface area contributed by atoms with Crippen molar-refractivity contribution >= 4 is 5.91 Å². The van der Waals surface area contributed by atoms with E-state index in [9.17, 15) is 4.79 Å². The number of carbonyl (C=O) groups is 1. The summed E-state index contributed by atoms with van der Waals surface area (Å²) in [7, 11) is 1.64. The van der Waals surface area contributed by atoms with Crippen LogP contribution in [-0.4, -0.2) is 55.8 Å². The highest BCUT2D eigenvalue weighted by Crippen LogP contribution is 2.37. The van der Waals surface area contributed by atoms with Crippen LogP contribution in [0.15, 0.2) is 24.3 Å². The lowest BCUT2D eigenvalue weighted by atomic mass is 10.1. The van der Waals surface area contributed by atoms with Crippen molar-refractivity contribution in [3.8, 4) is 5.75 Å². The first kappa shape index (κ1) is 15.9. The fourth-order valence-corrected chi connectivity index (χ4v) is 4.06. The van der Waals surface area contributed by atoms with E-state index < -0.39 is 0 Å². The van der Waals surface area contributed by atoms with Crippen LogP contribution in [0.2, 0.25) is 0 Å². The van der Waals surface area contributed by atoms with Crippen molar-refractivity contribution in [3.63, 3.8) is 0 Å². The molecule has 1 aromatic carbocycles. The van der Waals surface area contributed by atoms with Gasteiger partial charge in [0.15, 0.2) is 0 Å². The maximum absolute atomic E-state index is 12.4. The van der Waals surface area contributed by atoms with Crippen molar-refractivity contribution in [2.75, 3.05) is 26.8 Å². The summed E-state index contributed by atoms with van der Waals surface area (Å²) in [6, 6.07) is 8.41. The Kier molecular flexibility index (Phi) is 4.46. The van der Waals surface area contributed by atoms with Gasteiger partial charge in [-0.25, -0.2) is 0 Å². The summed E-state index contributed by atoms with van der Waals surface area (Å²) < 4.78 is 11.4. The molecule has 4 rings (SSSR count). The number of hydrogen-bond acceptors (Lipinski definition) is 4. The average Bonchev–Trinajstić information content (AvgIpc) is 3.35. The van der Waals surface area contributed by atoms with Crippen molar-refractivity contribution in [1.82, 2.24) is 10.2 Å². The molecule has 130 valence electrons. The van der Waals surface area contributed by atoms with Crippen LogP contribution in [0.1, 0.15) is 24.8 Å². The number of nitrogens with zero attached hydrogens (tertiary/aromatic N) is 1. The van der Waals surface area contributed by atoms with Gasteiger partial charge in [0.2, 0.25) is 5.91 Å². The fourth-order valence-electron chi connectivity index (χ4n) is 4.06. The molecule has 5 nitrogen and oxygen atoms in total. The Morgan fingerprint density at radius 3 is 2.96 bits per heavy atom. The highest BCUT2D eigenvalue weighted by Gasteiger charge is 2.42. The van der Waals surface area contributed by atoms with Crippen LogP contribution in [0.25, 0.3) is 0 Å². The van der Waals surface area contributed by atoms with Crippen LogP contribution in [0.4, 0.5) is 0 Å². The second-order valence-electron chi connectivity index (χ2n) is 7.31. The van der Waals surface area contributed by atoms with Gasteiger partial charge in [-0.15, -0.1) is 0 Å². The van der Waals surface area contributed by atoms with E-state index >= 15 is 0 Å². The number of fused-ring (bicyclic) bond motifs is 1. The number of para-hydroxylation sites is 1. The van der Waals surface area contributed by atoms with Crippen molar-refractivity contribution in [2.24, 2.45) is 5.92 Å². The third-order valence-corrected chi connectivity index (χ3v) is 5.50. The van der Waals surface area contributed by atoms with Crippen LogP contribution in [0, 0.1) is 5.92 Å². The van der Waals surface area contributed by atoms with Crippen molar-refractivity contribution in [2.45, 2.75) is 43.9 Å². The molecule has 1 amide bonds. The monoisotopic (exact) mass is 330 g/mol. The minimum absolute atomic E-state index is 0.0732. The van der Waals surface area contributed by atoms with E-state index in [2.05, 4.69) is 10.2 Å². The number of nitrogens with one attached hydrogen (secondary N) is 1. The molecule has 3 fully saturated rings. The highest BCUT2D eigenvalue weighted by molar-refractivity contribution is 5.79. The van der Waals surface area contributed by atoms with Gasteiger partial charge < -0.3 is 14.8 Å². The minimum Gasteiger partial charge on any atom is -0.496 e. The Bertz CT molecular complexity index is 602. The van der Waals surface area contributed by atoms with Gasteiger partial charge in [0.1, 0.15) is 5.75 Å². The van der Waals surface area contributed by atoms with Crippen LogP contribution in [-0.2, 0) is 16.0 Å². The molecular weight excluding hydrogens is 304 g/mol. The number of carbonyl (C=O) groups excluding carboxylic acids is 1. The van der Waals surface area contributed by atoms with Crippen molar-refractivity contribution in [3.05, 3.63) is 29.8 Å². The Morgan fingerprint density at radius 1 is 1.33 bits per heavy atom. The van der Waals surface area contributed by atoms with E-state index in [-0.39, 0.29) is 11.9 Å². The summed E-state index contributed by atoms with van der Waals surface area (Å²) in [4.78, 5) is 14.9. The van der Waals surface area contributed by atoms with Gasteiger partial charge in [0, 0.05) is 30.7 Å². The third kappa shape index (κ3) is 3.42. The van der Waals surface area contributed by atoms with Crippen LogP contribution in [0.5, 0.6) is 5.75 Å². The zero-order valence-electron chi connectivity index (χ0n) is 14.2. The Hall–Kier alpha value is -1.59. The number of rotatable bonds is 5. The standard InChI is InChI=1S/C19H26N2O3/c1-23-17-5-3-2-4-14(17)8-19(22)20-15-9-16-12-24-18(13-6-7-13)11-21(16)10-15/h2-5,13,15-16,18H,6-12H2,1H3,(H,20,22)/t15-,16-,18-/m0/s1. The molecule has 2 heterocycles. The molecule has 0 spiro atoms. The first-order chi connectivity index (χ1) is 11.7. The molecule has 0 radical (unpaired) electrons. The molecule has 0 bridgehead atoms. The number of methoxy groups -OCH3 is 1. The zero-order chi connectivity index (χ0) is 16.5. The maximum atomic E-state index is 12.4. The number of benzene rings is 1. The van der Waals surface area contributed by atoms with E-state index in [1.807, 2.05) is 24.3 Å². The topological polar surface area (TPSA) is 50.8 Å². The second kappa shape index (κ2) is 6.73. The average molecular weight is 330 g/mol. The second-order valence-corrected chi connectivity index (χ2v) is 7.31. The largest absolute Gasteiger partial charge is 0.496 e. The molecule has 1 aliphatic carbocycles. The lowest BCUT2D eigenvalue weighted by Crippen LogP contribution is -2.47. The van der Waals surface area contributed by atoms with E-state index in [1.54, 1.807) is 7.11 Å². The van der Waals surface area contributed by atoms with Crippen LogP contribution < -0.4 is 10.1 Å². The van der Waals surface area contributed by atoms with Crippen LogP contribution in [0.3, 0.4) is 0 Å². The predicted molar refractivity (Wildman–Crippen MR) is 91.1 cm³/mol. The zero-order valence-corrected chi connectivity index (χ0v) is 14.2. The Labute approximate surface area is 143 Å². The summed E-state index contributed by atoms with van der Waals surface area (Å²) in [6.45, 7) is 2.81. The quantitative estimate of drug-likeness (QED) is 0.891. The summed E-state index contributed by atoms with van der Waals surface area (Å²) in [5.74, 6) is 1.63. The molecule has 3 atom stereocenters. The SMILES string of the molecule is COc1ccccc1CC(=O)N[C@H]1C[C@H]2CO[C@H](C3CC3)CN2C1. The summed E-state index contributed by atoms with van der Waals surface area (Å²) in [6.07, 6.45) is 4.43. The highest BCUT2D eigenvalue weighted by atomic mass is 16.5. The summed E-state index contributed by atoms with van der Waals surface area (Å²) >= 11 is 0. The van der Waals surface area contributed by atoms with E-state index in [1.165, 1.54) is 12.8 Å². The Balaban J connectivity index is 1.30. The molecule has 0 aromatic heterocycles. The van der Waals surface area contributed by atoms with Gasteiger partial charge in [0.05, 0.1) is 26.2 Å². The fraction of sp³-hybridized carbons (Fsp3) is 0.632. The number of ether oxygens (including phenoxy) is 2. The number of morpholine rings is 1. The van der Waals surface area contributed by atoms with Gasteiger partial charge in [-0.3, -0.25) is 9.69 Å². The first-order valence-corrected chi connectivity index (χ1v) is 9.00. The molecule has 0 unspecified atom stereocenters. The summed E-state index contributed by atoms with van der Waals surface area (Å²) in [5.41, 5.74) is 0.936. The smallest absolute Gasteiger partial charge is 0.224 e. The molecule has 2 aliphatic heterocycles. The van der Waals surface area contributed by atoms with Gasteiger partial charge in [0.25, 0.3) is 0 Å². The van der Waals surface area contributed by atoms with Gasteiger partial charge >= 0.3 is 0 Å². The van der Waals surface area contributed by atoms with E-state index in [0.29, 0.717) is 18.6 Å². The van der Waals surface area contributed by atoms with Gasteiger partial charge in [-0.1, -0.05) is 18.2 Å². The molecule has 3 aliphatic rings. The molecule has 2 saturated heterocycles. The predicted octanol–water partition coefficient (Wildman–Crippen LogP) is 1.61. The van der Waals surface area contributed by atoms with Gasteiger partial charge in [-0.2, -0.15) is 0 Å². The van der Waals surface area contributed by atoms with Gasteiger partial charge in [-0.05, 0) is 31.2 Å². The normalized spacial score (nSPS) is 30.0. The van der Waals surface area contributed by atoms with Crippen molar-refractivity contribution < 1.29 is 14.3 Å². The first-order valence-electron chi connectivity index (χ1n) is 9.00. The van der Waals surface area contributed by atoms with E-state index in [4.69, 9.17) is 9.47 Å². The molecule has 24 heavy (non-hydrogen) atoms. The lowest BCUT2D eigenvalue weighted by Gasteiger charge is -2.35. The molecular formula is C19H26N2O3. The number of amides is 1. The molecule has 5 heteroatoms.